The van der Waals surface area contributed by atoms with Crippen LogP contribution in [-0.4, -0.2) is 49.7 Å². The molecular formula is C26H35ClN2O7S. The third-order valence-corrected chi connectivity index (χ3v) is 8.26. The van der Waals surface area contributed by atoms with E-state index in [0.29, 0.717) is 18.5 Å². The minimum absolute atomic E-state index is 0.102. The molecule has 0 spiro atoms. The van der Waals surface area contributed by atoms with Crippen LogP contribution in [0.4, 0.5) is 10.5 Å². The van der Waals surface area contributed by atoms with E-state index in [1.54, 1.807) is 13.8 Å². The highest BCUT2D eigenvalue weighted by atomic mass is 35.5. The Hall–Kier alpha value is -2.69. The maximum atomic E-state index is 13.0. The molecular weight excluding hydrogens is 520 g/mol. The van der Waals surface area contributed by atoms with Gasteiger partial charge in [0, 0.05) is 18.2 Å². The first-order chi connectivity index (χ1) is 17.1. The van der Waals surface area contributed by atoms with E-state index in [-0.39, 0.29) is 17.2 Å². The molecule has 0 saturated carbocycles. The largest absolute Gasteiger partial charge is 0.495 e. The summed E-state index contributed by atoms with van der Waals surface area (Å²) in [6, 6.07) is 12.6. The number of hydrogen-bond acceptors (Lipinski definition) is 7. The fourth-order valence-electron chi connectivity index (χ4n) is 4.75. The number of alkyl carbamates (subject to hydrolysis) is 1. The maximum Gasteiger partial charge on any atom is 0.407 e. The Labute approximate surface area is 223 Å². The molecule has 0 bridgehead atoms. The summed E-state index contributed by atoms with van der Waals surface area (Å²) in [6.45, 7) is 9.20. The predicted octanol–water partition coefficient (Wildman–Crippen LogP) is 4.59. The number of hydrogen-bond donors (Lipinski definition) is 3. The lowest BCUT2D eigenvalue weighted by atomic mass is 9.62. The van der Waals surface area contributed by atoms with Gasteiger partial charge in [0.2, 0.25) is 10.0 Å². The first-order valence-electron chi connectivity index (χ1n) is 11.8. The van der Waals surface area contributed by atoms with Gasteiger partial charge >= 0.3 is 6.09 Å². The summed E-state index contributed by atoms with van der Waals surface area (Å²) in [5, 5.41) is 14.3. The molecule has 1 aliphatic rings. The lowest BCUT2D eigenvalue weighted by molar-refractivity contribution is -0.241. The zero-order chi connectivity index (χ0) is 27.6. The van der Waals surface area contributed by atoms with Crippen molar-refractivity contribution in [1.29, 1.82) is 0 Å². The van der Waals surface area contributed by atoms with E-state index in [4.69, 9.17) is 25.8 Å². The van der Waals surface area contributed by atoms with Gasteiger partial charge in [-0.25, -0.2) is 13.2 Å². The molecule has 0 saturated heterocycles. The highest BCUT2D eigenvalue weighted by Crippen LogP contribution is 2.57. The van der Waals surface area contributed by atoms with Gasteiger partial charge in [0.05, 0.1) is 12.8 Å². The second-order valence-electron chi connectivity index (χ2n) is 10.5. The molecule has 0 radical (unpaired) electrons. The fraction of sp³-hybridized carbons (Fsp3) is 0.500. The smallest absolute Gasteiger partial charge is 0.407 e. The maximum absolute atomic E-state index is 13.0. The summed E-state index contributed by atoms with van der Waals surface area (Å²) in [5.41, 5.74) is -2.25. The van der Waals surface area contributed by atoms with E-state index in [2.05, 4.69) is 10.0 Å². The normalized spacial score (nSPS) is 20.8. The number of alkyl halides is 1. The summed E-state index contributed by atoms with van der Waals surface area (Å²) in [5.74, 6) is 0.374. The van der Waals surface area contributed by atoms with Crippen molar-refractivity contribution >= 4 is 33.4 Å². The highest BCUT2D eigenvalue weighted by Gasteiger charge is 2.63. The van der Waals surface area contributed by atoms with Gasteiger partial charge in [-0.15, -0.1) is 11.6 Å². The van der Waals surface area contributed by atoms with Gasteiger partial charge in [-0.05, 0) is 37.3 Å². The molecule has 0 aliphatic carbocycles. The van der Waals surface area contributed by atoms with Crippen LogP contribution in [0.15, 0.2) is 42.5 Å². The van der Waals surface area contributed by atoms with Crippen molar-refractivity contribution in [1.82, 2.24) is 5.32 Å². The van der Waals surface area contributed by atoms with Crippen LogP contribution in [0.2, 0.25) is 0 Å². The van der Waals surface area contributed by atoms with Crippen molar-refractivity contribution in [3.05, 3.63) is 53.6 Å². The third kappa shape index (κ3) is 5.91. The summed E-state index contributed by atoms with van der Waals surface area (Å²) in [7, 11) is -2.47. The number of nitrogens with one attached hydrogen (secondary N) is 2. The summed E-state index contributed by atoms with van der Waals surface area (Å²) in [4.78, 5) is 13.0. The van der Waals surface area contributed by atoms with E-state index >= 15 is 0 Å². The van der Waals surface area contributed by atoms with Crippen molar-refractivity contribution in [3.63, 3.8) is 0 Å². The Bertz CT molecular complexity index is 1230. The molecule has 204 valence electrons. The lowest BCUT2D eigenvalue weighted by Gasteiger charge is -2.56. The molecule has 3 rings (SSSR count). The average Bonchev–Trinajstić information content (AvgIpc) is 2.81. The Morgan fingerprint density at radius 1 is 1.19 bits per heavy atom. The Balaban J connectivity index is 2.01. The van der Waals surface area contributed by atoms with Crippen molar-refractivity contribution in [3.8, 4) is 11.5 Å². The van der Waals surface area contributed by atoms with Crippen LogP contribution in [-0.2, 0) is 21.2 Å². The fourth-order valence-corrected chi connectivity index (χ4v) is 5.47. The Morgan fingerprint density at radius 2 is 1.84 bits per heavy atom. The molecule has 1 aliphatic heterocycles. The van der Waals surface area contributed by atoms with Crippen LogP contribution < -0.4 is 19.5 Å². The monoisotopic (exact) mass is 554 g/mol. The van der Waals surface area contributed by atoms with Gasteiger partial charge in [-0.3, -0.25) is 4.72 Å². The summed E-state index contributed by atoms with van der Waals surface area (Å²) >= 11 is 5.56. The number of benzene rings is 2. The van der Waals surface area contributed by atoms with Crippen molar-refractivity contribution in [2.75, 3.05) is 23.6 Å². The van der Waals surface area contributed by atoms with Crippen molar-refractivity contribution in [2.45, 2.75) is 58.3 Å². The van der Waals surface area contributed by atoms with Crippen LogP contribution in [0, 0.1) is 5.41 Å². The van der Waals surface area contributed by atoms with Gasteiger partial charge in [-0.2, -0.15) is 0 Å². The summed E-state index contributed by atoms with van der Waals surface area (Å²) < 4.78 is 44.1. The second kappa shape index (κ2) is 10.6. The van der Waals surface area contributed by atoms with Crippen LogP contribution in [0.25, 0.3) is 0 Å². The molecule has 0 aromatic heterocycles. The third-order valence-electron chi connectivity index (χ3n) is 6.58. The lowest BCUT2D eigenvalue weighted by Crippen LogP contribution is -2.67. The number of aliphatic hydroxyl groups is 1. The molecule has 2 aromatic rings. The molecule has 11 heteroatoms. The van der Waals surface area contributed by atoms with Crippen LogP contribution in [0.1, 0.15) is 51.8 Å². The zero-order valence-electron chi connectivity index (χ0n) is 21.9. The highest BCUT2D eigenvalue weighted by molar-refractivity contribution is 7.93. The number of carbonyl (C=O) groups excluding carboxylic acids is 1. The number of anilines is 1. The van der Waals surface area contributed by atoms with Gasteiger partial charge in [0.15, 0.2) is 6.10 Å². The number of sulfonamides is 1. The minimum atomic E-state index is -3.84. The molecule has 0 unspecified atom stereocenters. The van der Waals surface area contributed by atoms with Gasteiger partial charge in [0.25, 0.3) is 0 Å². The van der Waals surface area contributed by atoms with Crippen LogP contribution in [0.3, 0.4) is 0 Å². The van der Waals surface area contributed by atoms with E-state index < -0.39 is 44.0 Å². The minimum Gasteiger partial charge on any atom is -0.495 e. The molecule has 37 heavy (non-hydrogen) atoms. The molecule has 0 fully saturated rings. The topological polar surface area (TPSA) is 123 Å². The van der Waals surface area contributed by atoms with E-state index in [0.717, 1.165) is 5.56 Å². The molecule has 9 nitrogen and oxygen atoms in total. The van der Waals surface area contributed by atoms with Gasteiger partial charge in [-0.1, -0.05) is 51.1 Å². The second-order valence-corrected chi connectivity index (χ2v) is 12.8. The SMILES string of the molecule is COc1cc2c(cc1NS(=O)(=O)CCl)OC(C)(C)[C@@](O)(C(C)(C)C)[C@H]2OC(=O)NCCc1ccccc1. The number of methoxy groups -OCH3 is 1. The standard InChI is InChI=1S/C26H35ClN2O7S/c1-24(2,3)26(31)22(35-23(30)28-13-12-17-10-8-7-9-11-17)18-14-21(34-6)19(29-37(32,33)16-27)15-20(18)36-25(26,4)5/h7-11,14-15,22,29,31H,12-13,16H2,1-6H3,(H,28,30)/t22-,26-/m0/s1. The number of carbonyl (C=O) groups is 1. The summed E-state index contributed by atoms with van der Waals surface area (Å²) in [6.07, 6.45) is -1.28. The average molecular weight is 555 g/mol. The number of fused-ring (bicyclic) bond motifs is 1. The zero-order valence-corrected chi connectivity index (χ0v) is 23.5. The van der Waals surface area contributed by atoms with E-state index in [1.165, 1.54) is 19.2 Å². The Morgan fingerprint density at radius 3 is 2.41 bits per heavy atom. The van der Waals surface area contributed by atoms with Gasteiger partial charge < -0.3 is 24.6 Å². The molecule has 1 amide bonds. The molecule has 2 aromatic carbocycles. The molecule has 1 heterocycles. The van der Waals surface area contributed by atoms with Crippen molar-refractivity contribution < 1.29 is 32.5 Å². The number of halogens is 1. The van der Waals surface area contributed by atoms with Crippen molar-refractivity contribution in [2.24, 2.45) is 5.41 Å². The first kappa shape index (κ1) is 28.9. The first-order valence-corrected chi connectivity index (χ1v) is 14.0. The van der Waals surface area contributed by atoms with Crippen LogP contribution >= 0.6 is 11.6 Å². The molecule has 2 atom stereocenters. The number of amides is 1. The van der Waals surface area contributed by atoms with E-state index in [1.807, 2.05) is 51.1 Å². The predicted molar refractivity (Wildman–Crippen MR) is 143 cm³/mol. The van der Waals surface area contributed by atoms with Gasteiger partial charge in [0.1, 0.15) is 27.9 Å². The van der Waals surface area contributed by atoms with E-state index in [9.17, 15) is 18.3 Å². The number of rotatable bonds is 8. The molecule has 3 N–H and O–H groups in total. The van der Waals surface area contributed by atoms with Crippen LogP contribution in [0.5, 0.6) is 11.5 Å². The quantitative estimate of drug-likeness (QED) is 0.408. The number of ether oxygens (including phenoxy) is 3. The Kier molecular flexibility index (Phi) is 8.26.